The highest BCUT2D eigenvalue weighted by molar-refractivity contribution is 7.99. The molecule has 0 amide bonds. The number of aliphatic carboxylic acids is 2. The van der Waals surface area contributed by atoms with Crippen LogP contribution in [-0.2, 0) is 34.4 Å². The number of hydrogen-bond acceptors (Lipinski definition) is 8. The number of carbonyl (C=O) groups is 2. The van der Waals surface area contributed by atoms with E-state index in [2.05, 4.69) is 34.2 Å². The average Bonchev–Trinajstić information content (AvgIpc) is 3.13. The van der Waals surface area contributed by atoms with Crippen LogP contribution < -0.4 is 4.74 Å². The molecule has 2 N–H and O–H groups in total. The van der Waals surface area contributed by atoms with E-state index in [9.17, 15) is 0 Å². The van der Waals surface area contributed by atoms with Gasteiger partial charge in [0.05, 0.1) is 13.2 Å². The lowest BCUT2D eigenvalue weighted by Gasteiger charge is -2.26. The smallest absolute Gasteiger partial charge is 0.414 e. The molecule has 0 atom stereocenters. The van der Waals surface area contributed by atoms with E-state index in [-0.39, 0.29) is 0 Å². The number of aryl methyl sites for hydroxylation is 1. The van der Waals surface area contributed by atoms with Crippen molar-refractivity contribution in [2.45, 2.75) is 25.1 Å². The van der Waals surface area contributed by atoms with Gasteiger partial charge >= 0.3 is 11.9 Å². The maximum Gasteiger partial charge on any atom is 0.414 e. The second-order valence-corrected chi connectivity index (χ2v) is 7.72. The van der Waals surface area contributed by atoms with Crippen LogP contribution in [0.1, 0.15) is 18.3 Å². The van der Waals surface area contributed by atoms with Gasteiger partial charge in [-0.05, 0) is 24.1 Å². The van der Waals surface area contributed by atoms with E-state index >= 15 is 0 Å². The average molecular weight is 453 g/mol. The van der Waals surface area contributed by atoms with Crippen molar-refractivity contribution in [1.29, 1.82) is 0 Å². The van der Waals surface area contributed by atoms with Gasteiger partial charge in [0.2, 0.25) is 0 Å². The molecule has 170 valence electrons. The number of nitrogens with zero attached hydrogens (tertiary/aromatic N) is 4. The first-order valence-corrected chi connectivity index (χ1v) is 10.9. The second-order valence-electron chi connectivity index (χ2n) is 6.66. The van der Waals surface area contributed by atoms with Gasteiger partial charge in [-0.3, -0.25) is 4.90 Å². The first-order chi connectivity index (χ1) is 14.9. The lowest BCUT2D eigenvalue weighted by atomic mass is 10.2. The summed E-state index contributed by atoms with van der Waals surface area (Å²) in [5.74, 6) is -0.939. The summed E-state index contributed by atoms with van der Waals surface area (Å²) in [6.07, 6.45) is 1.04. The number of rotatable bonds is 8. The molecule has 0 spiro atoms. The highest BCUT2D eigenvalue weighted by atomic mass is 32.2. The van der Waals surface area contributed by atoms with Crippen molar-refractivity contribution < 1.29 is 29.3 Å². The highest BCUT2D eigenvalue weighted by Crippen LogP contribution is 2.18. The van der Waals surface area contributed by atoms with Crippen LogP contribution >= 0.6 is 11.8 Å². The molecule has 0 unspecified atom stereocenters. The van der Waals surface area contributed by atoms with Crippen LogP contribution in [0.2, 0.25) is 0 Å². The van der Waals surface area contributed by atoms with Crippen molar-refractivity contribution in [3.8, 4) is 5.75 Å². The Balaban J connectivity index is 0.000000501. The number of carboxylic acids is 2. The summed E-state index contributed by atoms with van der Waals surface area (Å²) < 4.78 is 13.2. The van der Waals surface area contributed by atoms with Gasteiger partial charge in [-0.15, -0.1) is 10.2 Å². The van der Waals surface area contributed by atoms with Gasteiger partial charge in [0.15, 0.2) is 11.0 Å². The van der Waals surface area contributed by atoms with Crippen molar-refractivity contribution in [2.75, 3.05) is 38.6 Å². The largest absolute Gasteiger partial charge is 0.486 e. The fourth-order valence-corrected chi connectivity index (χ4v) is 3.59. The summed E-state index contributed by atoms with van der Waals surface area (Å²) >= 11 is 1.74. The molecule has 1 aliphatic heterocycles. The topological polar surface area (TPSA) is 127 Å². The zero-order chi connectivity index (χ0) is 22.6. The van der Waals surface area contributed by atoms with Gasteiger partial charge in [-0.1, -0.05) is 30.8 Å². The molecule has 3 rings (SSSR count). The summed E-state index contributed by atoms with van der Waals surface area (Å²) in [6.45, 7) is 7.36. The molecule has 1 fully saturated rings. The lowest BCUT2D eigenvalue weighted by molar-refractivity contribution is -0.159. The fraction of sp³-hybridized carbons (Fsp3) is 0.500. The zero-order valence-electron chi connectivity index (χ0n) is 17.7. The number of thioether (sulfide) groups is 1. The Morgan fingerprint density at radius 3 is 2.35 bits per heavy atom. The normalized spacial score (nSPS) is 13.9. The molecular weight excluding hydrogens is 424 g/mol. The number of ether oxygens (including phenoxy) is 2. The highest BCUT2D eigenvalue weighted by Gasteiger charge is 2.13. The second kappa shape index (κ2) is 12.9. The first kappa shape index (κ1) is 24.6. The molecule has 11 heteroatoms. The van der Waals surface area contributed by atoms with E-state index in [1.165, 1.54) is 5.56 Å². The molecular formula is C20H28N4O6S. The molecule has 2 heterocycles. The predicted molar refractivity (Wildman–Crippen MR) is 114 cm³/mol. The van der Waals surface area contributed by atoms with E-state index < -0.39 is 11.9 Å². The third-order valence-corrected chi connectivity index (χ3v) is 5.55. The standard InChI is InChI=1S/C18H26N4O2S.C2H2O4/c1-3-15-4-6-16(7-5-15)24-14-17-19-20-18(21(17)2)25-13-10-22-8-11-23-12-9-22;3-1(4)2(5)6/h4-7H,3,8-14H2,1-2H3;(H,3,4)(H,5,6). The van der Waals surface area contributed by atoms with Crippen molar-refractivity contribution >= 4 is 23.7 Å². The Morgan fingerprint density at radius 1 is 1.13 bits per heavy atom. The van der Waals surface area contributed by atoms with Crippen molar-refractivity contribution in [2.24, 2.45) is 7.05 Å². The van der Waals surface area contributed by atoms with Crippen LogP contribution in [0.25, 0.3) is 0 Å². The summed E-state index contributed by atoms with van der Waals surface area (Å²) in [7, 11) is 2.00. The molecule has 0 aliphatic carbocycles. The number of morpholine rings is 1. The van der Waals surface area contributed by atoms with Crippen LogP contribution in [0, 0.1) is 0 Å². The Kier molecular flexibility index (Phi) is 10.3. The Morgan fingerprint density at radius 2 is 1.77 bits per heavy atom. The van der Waals surface area contributed by atoms with Gasteiger partial charge < -0.3 is 24.3 Å². The zero-order valence-corrected chi connectivity index (χ0v) is 18.5. The van der Waals surface area contributed by atoms with E-state index in [0.717, 1.165) is 61.8 Å². The lowest BCUT2D eigenvalue weighted by Crippen LogP contribution is -2.37. The van der Waals surface area contributed by atoms with Gasteiger partial charge in [0, 0.05) is 32.4 Å². The minimum Gasteiger partial charge on any atom is -0.486 e. The number of carboxylic acid groups (broad SMARTS) is 2. The van der Waals surface area contributed by atoms with Crippen LogP contribution in [0.4, 0.5) is 0 Å². The quantitative estimate of drug-likeness (QED) is 0.450. The predicted octanol–water partition coefficient (Wildman–Crippen LogP) is 1.54. The van der Waals surface area contributed by atoms with E-state index in [1.54, 1.807) is 11.8 Å². The van der Waals surface area contributed by atoms with E-state index in [0.29, 0.717) is 6.61 Å². The van der Waals surface area contributed by atoms with Crippen molar-refractivity contribution in [3.05, 3.63) is 35.7 Å². The van der Waals surface area contributed by atoms with Gasteiger partial charge in [-0.2, -0.15) is 0 Å². The van der Waals surface area contributed by atoms with Crippen LogP contribution in [0.5, 0.6) is 5.75 Å². The molecule has 1 aromatic carbocycles. The maximum atomic E-state index is 9.10. The molecule has 31 heavy (non-hydrogen) atoms. The molecule has 1 aromatic heterocycles. The summed E-state index contributed by atoms with van der Waals surface area (Å²) in [4.78, 5) is 20.6. The Hall–Kier alpha value is -2.63. The minimum atomic E-state index is -1.82. The van der Waals surface area contributed by atoms with Gasteiger partial charge in [0.25, 0.3) is 0 Å². The molecule has 1 saturated heterocycles. The Bertz CT molecular complexity index is 825. The molecule has 0 radical (unpaired) electrons. The monoisotopic (exact) mass is 452 g/mol. The van der Waals surface area contributed by atoms with Crippen LogP contribution in [0.15, 0.2) is 29.4 Å². The van der Waals surface area contributed by atoms with E-state index in [4.69, 9.17) is 29.3 Å². The SMILES string of the molecule is CCc1ccc(OCc2nnc(SCCN3CCOCC3)n2C)cc1.O=C(O)C(=O)O. The summed E-state index contributed by atoms with van der Waals surface area (Å²) in [6, 6.07) is 8.21. The van der Waals surface area contributed by atoms with Gasteiger partial charge in [0.1, 0.15) is 12.4 Å². The maximum absolute atomic E-state index is 9.10. The van der Waals surface area contributed by atoms with Crippen molar-refractivity contribution in [3.63, 3.8) is 0 Å². The minimum absolute atomic E-state index is 0.430. The molecule has 1 aliphatic rings. The summed E-state index contributed by atoms with van der Waals surface area (Å²) in [5, 5.41) is 24.3. The van der Waals surface area contributed by atoms with Crippen LogP contribution in [0.3, 0.4) is 0 Å². The molecule has 0 bridgehead atoms. The fourth-order valence-electron chi connectivity index (χ4n) is 2.66. The number of aromatic nitrogens is 3. The third kappa shape index (κ3) is 8.56. The first-order valence-electron chi connectivity index (χ1n) is 9.89. The molecule has 0 saturated carbocycles. The van der Waals surface area contributed by atoms with Crippen molar-refractivity contribution in [1.82, 2.24) is 19.7 Å². The molecule has 10 nitrogen and oxygen atoms in total. The third-order valence-electron chi connectivity index (χ3n) is 4.55. The molecule has 2 aromatic rings. The van der Waals surface area contributed by atoms with Gasteiger partial charge in [-0.25, -0.2) is 9.59 Å². The summed E-state index contributed by atoms with van der Waals surface area (Å²) in [5.41, 5.74) is 1.31. The van der Waals surface area contributed by atoms with Crippen LogP contribution in [-0.4, -0.2) is 80.4 Å². The number of hydrogen-bond donors (Lipinski definition) is 2. The number of benzene rings is 1. The Labute approximate surface area is 185 Å². The van der Waals surface area contributed by atoms with E-state index in [1.807, 2.05) is 23.7 Å².